The molecule has 1 aromatic rings. The van der Waals surface area contributed by atoms with Crippen LogP contribution >= 0.6 is 0 Å². The fraction of sp³-hybridized carbons (Fsp3) is 0.654. The van der Waals surface area contributed by atoms with Gasteiger partial charge in [-0.3, -0.25) is 9.59 Å². The molecule has 7 heteroatoms. The maximum Gasteiger partial charge on any atom is 0.339 e. The molecular formula is C26H30O7. The van der Waals surface area contributed by atoms with E-state index in [2.05, 4.69) is 0 Å². The topological polar surface area (TPSA) is 106 Å². The highest BCUT2D eigenvalue weighted by atomic mass is 16.7. The number of ether oxygens (including phenoxy) is 2. The number of rotatable bonds is 1. The first kappa shape index (κ1) is 21.3. The number of fused-ring (bicyclic) bond motifs is 3. The van der Waals surface area contributed by atoms with Crippen molar-refractivity contribution in [3.63, 3.8) is 0 Å². The Morgan fingerprint density at radius 2 is 1.79 bits per heavy atom. The fourth-order valence-electron chi connectivity index (χ4n) is 8.71. The smallest absolute Gasteiger partial charge is 0.339 e. The molecule has 1 N–H and O–H groups in total. The van der Waals surface area contributed by atoms with Gasteiger partial charge in [0.25, 0.3) is 0 Å². The van der Waals surface area contributed by atoms with Crippen molar-refractivity contribution >= 4 is 17.5 Å². The molecule has 0 bridgehead atoms. The molecule has 2 saturated carbocycles. The first-order chi connectivity index (χ1) is 15.4. The van der Waals surface area contributed by atoms with Gasteiger partial charge in [-0.15, -0.1) is 0 Å². The molecule has 2 aliphatic heterocycles. The van der Waals surface area contributed by atoms with Gasteiger partial charge in [0, 0.05) is 39.6 Å². The number of aliphatic hydroxyl groups excluding tert-OH is 1. The molecular weight excluding hydrogens is 424 g/mol. The summed E-state index contributed by atoms with van der Waals surface area (Å²) in [5.74, 6) is -1.27. The van der Waals surface area contributed by atoms with E-state index in [-0.39, 0.29) is 23.9 Å². The summed E-state index contributed by atoms with van der Waals surface area (Å²) in [7, 11) is 0. The van der Waals surface area contributed by atoms with E-state index >= 15 is 0 Å². The van der Waals surface area contributed by atoms with E-state index in [1.54, 1.807) is 12.1 Å². The first-order valence-electron chi connectivity index (χ1n) is 11.7. The number of aliphatic hydroxyl groups is 1. The van der Waals surface area contributed by atoms with Crippen LogP contribution in [0.25, 0.3) is 0 Å². The Hall–Kier alpha value is -2.25. The van der Waals surface area contributed by atoms with Crippen molar-refractivity contribution in [3.05, 3.63) is 36.3 Å². The van der Waals surface area contributed by atoms with E-state index in [0.717, 1.165) is 0 Å². The molecule has 176 valence electrons. The van der Waals surface area contributed by atoms with E-state index in [4.69, 9.17) is 13.9 Å². The summed E-state index contributed by atoms with van der Waals surface area (Å²) in [6.45, 7) is 9.66. The van der Waals surface area contributed by atoms with Gasteiger partial charge in [0.1, 0.15) is 17.5 Å². The lowest BCUT2D eigenvalue weighted by molar-refractivity contribution is -0.237. The van der Waals surface area contributed by atoms with Crippen LogP contribution in [0.1, 0.15) is 59.1 Å². The molecule has 1 aromatic heterocycles. The Labute approximate surface area is 192 Å². The summed E-state index contributed by atoms with van der Waals surface area (Å²) >= 11 is 0. The minimum atomic E-state index is -1.05. The second-order valence-electron chi connectivity index (χ2n) is 12.0. The molecule has 0 aromatic carbocycles. The summed E-state index contributed by atoms with van der Waals surface area (Å²) in [6, 6.07) is 1.74. The van der Waals surface area contributed by atoms with Crippen molar-refractivity contribution in [3.8, 4) is 0 Å². The molecule has 3 aliphatic carbocycles. The van der Waals surface area contributed by atoms with Gasteiger partial charge in [0.2, 0.25) is 0 Å². The minimum Gasteiger partial charge on any atom is -0.472 e. The molecule has 9 atom stereocenters. The van der Waals surface area contributed by atoms with Crippen LogP contribution in [0.4, 0.5) is 0 Å². The lowest BCUT2D eigenvalue weighted by Gasteiger charge is -2.67. The van der Waals surface area contributed by atoms with Gasteiger partial charge in [0.15, 0.2) is 11.9 Å². The predicted octanol–water partition coefficient (Wildman–Crippen LogP) is 3.17. The molecule has 5 aliphatic rings. The lowest BCUT2D eigenvalue weighted by atomic mass is 9.35. The highest BCUT2D eigenvalue weighted by Gasteiger charge is 2.89. The number of carbonyl (C=O) groups excluding carboxylic acids is 3. The van der Waals surface area contributed by atoms with Gasteiger partial charge < -0.3 is 19.0 Å². The maximum atomic E-state index is 14.1. The molecule has 2 saturated heterocycles. The van der Waals surface area contributed by atoms with Gasteiger partial charge in [-0.25, -0.2) is 4.79 Å². The van der Waals surface area contributed by atoms with Gasteiger partial charge in [-0.1, -0.05) is 40.7 Å². The average Bonchev–Trinajstić information content (AvgIpc) is 3.31. The van der Waals surface area contributed by atoms with Crippen LogP contribution < -0.4 is 0 Å². The Morgan fingerprint density at radius 3 is 2.45 bits per heavy atom. The molecule has 6 rings (SSSR count). The van der Waals surface area contributed by atoms with E-state index < -0.39 is 57.5 Å². The van der Waals surface area contributed by atoms with E-state index in [1.165, 1.54) is 12.5 Å². The number of hydrogen-bond acceptors (Lipinski definition) is 7. The van der Waals surface area contributed by atoms with E-state index in [9.17, 15) is 19.5 Å². The molecule has 7 nitrogen and oxygen atoms in total. The zero-order valence-electron chi connectivity index (χ0n) is 19.6. The number of hydrogen-bond donors (Lipinski definition) is 1. The molecule has 33 heavy (non-hydrogen) atoms. The quantitative estimate of drug-likeness (QED) is 0.513. The Bertz CT molecular complexity index is 1120. The number of epoxide rings is 1. The number of allylic oxidation sites excluding steroid dienone is 2. The third-order valence-electron chi connectivity index (χ3n) is 10.2. The first-order valence-corrected chi connectivity index (χ1v) is 11.7. The summed E-state index contributed by atoms with van der Waals surface area (Å²) in [4.78, 5) is 39.9. The largest absolute Gasteiger partial charge is 0.472 e. The normalized spacial score (nSPS) is 51.7. The monoisotopic (exact) mass is 454 g/mol. The number of cyclic esters (lactones) is 1. The van der Waals surface area contributed by atoms with Crippen LogP contribution in [0.5, 0.6) is 0 Å². The van der Waals surface area contributed by atoms with Crippen LogP contribution in [0.2, 0.25) is 0 Å². The second kappa shape index (κ2) is 5.87. The summed E-state index contributed by atoms with van der Waals surface area (Å²) in [5, 5.41) is 11.8. The Morgan fingerprint density at radius 1 is 1.06 bits per heavy atom. The number of furan rings is 1. The molecule has 4 fully saturated rings. The van der Waals surface area contributed by atoms with E-state index in [0.29, 0.717) is 12.0 Å². The predicted molar refractivity (Wildman–Crippen MR) is 115 cm³/mol. The maximum absolute atomic E-state index is 14.1. The number of ketones is 2. The summed E-state index contributed by atoms with van der Waals surface area (Å²) in [5.41, 5.74) is -3.64. The average molecular weight is 455 g/mol. The van der Waals surface area contributed by atoms with Crippen molar-refractivity contribution in [1.82, 2.24) is 0 Å². The van der Waals surface area contributed by atoms with Crippen molar-refractivity contribution in [2.24, 2.45) is 33.5 Å². The number of Topliss-reactive ketones (excluding diaryl/α,β-unsaturated/α-hetero) is 1. The zero-order chi connectivity index (χ0) is 23.8. The summed E-state index contributed by atoms with van der Waals surface area (Å²) in [6.07, 6.45) is 4.54. The van der Waals surface area contributed by atoms with Crippen LogP contribution in [0.3, 0.4) is 0 Å². The van der Waals surface area contributed by atoms with Crippen LogP contribution in [-0.4, -0.2) is 40.5 Å². The Kier molecular flexibility index (Phi) is 3.78. The standard InChI is InChI=1S/C26H30O7/c1-22(2)15-10-17(29)25(5)18(23(15,3)8-6-16(22)28)14(27)11-24(4)19(13-7-9-31-12-13)32-21(30)20-26(24,25)33-20/h6-9,12,15,17-20,29H,10-11H2,1-5H3/t15-,17+,18+,19-,20+,23-,24-,25+,26+/m0/s1. The third kappa shape index (κ3) is 2.09. The lowest BCUT2D eigenvalue weighted by Crippen LogP contribution is -2.74. The third-order valence-corrected chi connectivity index (χ3v) is 10.2. The highest BCUT2D eigenvalue weighted by molar-refractivity contribution is 5.97. The van der Waals surface area contributed by atoms with Gasteiger partial charge in [0.05, 0.1) is 18.6 Å². The van der Waals surface area contributed by atoms with Crippen LogP contribution in [0, 0.1) is 33.5 Å². The fourth-order valence-corrected chi connectivity index (χ4v) is 8.71. The van der Waals surface area contributed by atoms with Crippen molar-refractivity contribution in [1.29, 1.82) is 0 Å². The highest BCUT2D eigenvalue weighted by Crippen LogP contribution is 2.78. The van der Waals surface area contributed by atoms with Crippen molar-refractivity contribution < 1.29 is 33.4 Å². The number of carbonyl (C=O) groups is 3. The van der Waals surface area contributed by atoms with Crippen molar-refractivity contribution in [2.75, 3.05) is 0 Å². The zero-order valence-corrected chi connectivity index (χ0v) is 19.6. The number of esters is 1. The molecule has 0 unspecified atom stereocenters. The molecule has 0 radical (unpaired) electrons. The molecule has 0 amide bonds. The molecule has 1 spiro atoms. The second-order valence-corrected chi connectivity index (χ2v) is 12.0. The van der Waals surface area contributed by atoms with Crippen LogP contribution in [0.15, 0.2) is 35.2 Å². The summed E-state index contributed by atoms with van der Waals surface area (Å²) < 4.78 is 17.4. The van der Waals surface area contributed by atoms with E-state index in [1.807, 2.05) is 40.7 Å². The Balaban J connectivity index is 1.56. The van der Waals surface area contributed by atoms with Crippen molar-refractivity contribution in [2.45, 2.75) is 71.4 Å². The molecule has 3 heterocycles. The van der Waals surface area contributed by atoms with Gasteiger partial charge in [-0.05, 0) is 24.5 Å². The SMILES string of the molecule is CC1(C)C(=O)C=C[C@]2(C)[C@H]3C(=O)C[C@@]4(C)[C@H](c5ccoc5)OC(=O)[C@H]5O[C@]54[C@]3(C)[C@H](O)C[C@@H]12. The minimum absolute atomic E-state index is 0.00682. The van der Waals surface area contributed by atoms with Crippen LogP contribution in [-0.2, 0) is 23.9 Å². The van der Waals surface area contributed by atoms with Gasteiger partial charge in [-0.2, -0.15) is 0 Å². The van der Waals surface area contributed by atoms with Gasteiger partial charge >= 0.3 is 5.97 Å².